The minimum Gasteiger partial charge on any atom is -0.362 e. The van der Waals surface area contributed by atoms with Gasteiger partial charge in [0.05, 0.1) is 0 Å². The van der Waals surface area contributed by atoms with E-state index in [1.54, 1.807) is 6.07 Å². The van der Waals surface area contributed by atoms with Crippen LogP contribution in [-0.2, 0) is 6.42 Å². The summed E-state index contributed by atoms with van der Waals surface area (Å²) in [5.74, 6) is 1.27. The fraction of sp³-hybridized carbons (Fsp3) is 0.450. The molecule has 0 spiro atoms. The molecule has 2 aromatic rings. The number of aryl methyl sites for hydroxylation is 2. The Morgan fingerprint density at radius 3 is 2.35 bits per heavy atom. The molecule has 1 aliphatic carbocycles. The topological polar surface area (TPSA) is 32.9 Å². The molecule has 3 heteroatoms. The Morgan fingerprint density at radius 2 is 1.74 bits per heavy atom. The van der Waals surface area contributed by atoms with Crippen LogP contribution in [0.25, 0.3) is 0 Å². The van der Waals surface area contributed by atoms with E-state index >= 15 is 0 Å². The van der Waals surface area contributed by atoms with Crippen LogP contribution in [0.15, 0.2) is 35.1 Å². The first-order chi connectivity index (χ1) is 11.0. The maximum Gasteiger partial charge on any atom is 0.185 e. The lowest BCUT2D eigenvalue weighted by Gasteiger charge is -2.29. The van der Waals surface area contributed by atoms with Crippen LogP contribution in [0.4, 0.5) is 0 Å². The number of hydrogen-bond acceptors (Lipinski definition) is 1. The number of hydrogen-bond donors (Lipinski definition) is 1. The van der Waals surface area contributed by atoms with Crippen LogP contribution < -0.4 is 5.43 Å². The highest BCUT2D eigenvalue weighted by Crippen LogP contribution is 2.37. The lowest BCUT2D eigenvalue weighted by atomic mass is 9.76. The molecule has 122 valence electrons. The maximum absolute atomic E-state index is 12.2. The van der Waals surface area contributed by atoms with Crippen molar-refractivity contribution < 1.29 is 0 Å². The van der Waals surface area contributed by atoms with E-state index in [1.807, 2.05) is 26.0 Å². The van der Waals surface area contributed by atoms with Crippen LogP contribution in [0, 0.1) is 19.8 Å². The molecule has 1 aromatic carbocycles. The quantitative estimate of drug-likeness (QED) is 0.828. The fourth-order valence-electron chi connectivity index (χ4n) is 3.85. The van der Waals surface area contributed by atoms with E-state index in [9.17, 15) is 4.79 Å². The van der Waals surface area contributed by atoms with Gasteiger partial charge in [-0.1, -0.05) is 23.7 Å². The van der Waals surface area contributed by atoms with Crippen molar-refractivity contribution in [1.82, 2.24) is 4.98 Å². The number of H-pyrrole nitrogens is 1. The number of pyridine rings is 1. The number of aromatic amines is 1. The van der Waals surface area contributed by atoms with Crippen molar-refractivity contribution >= 4 is 11.6 Å². The predicted molar refractivity (Wildman–Crippen MR) is 96.4 cm³/mol. The third kappa shape index (κ3) is 3.87. The van der Waals surface area contributed by atoms with Gasteiger partial charge < -0.3 is 4.98 Å². The molecule has 1 N–H and O–H groups in total. The van der Waals surface area contributed by atoms with Gasteiger partial charge in [-0.15, -0.1) is 0 Å². The molecule has 0 radical (unpaired) electrons. The summed E-state index contributed by atoms with van der Waals surface area (Å²) in [5, 5.41) is 0.802. The Kier molecular flexibility index (Phi) is 4.91. The molecule has 1 heterocycles. The summed E-state index contributed by atoms with van der Waals surface area (Å²) in [6, 6.07) is 10.0. The predicted octanol–water partition coefficient (Wildman–Crippen LogP) is 5.16. The molecular weight excluding hydrogens is 306 g/mol. The summed E-state index contributed by atoms with van der Waals surface area (Å²) >= 11 is 5.97. The Bertz CT molecular complexity index is 724. The fourth-order valence-corrected chi connectivity index (χ4v) is 3.98. The normalized spacial score (nSPS) is 21.3. The largest absolute Gasteiger partial charge is 0.362 e. The van der Waals surface area contributed by atoms with E-state index in [0.717, 1.165) is 28.4 Å². The lowest BCUT2D eigenvalue weighted by molar-refractivity contribution is 0.323. The number of halogens is 1. The van der Waals surface area contributed by atoms with E-state index in [2.05, 4.69) is 17.1 Å². The Morgan fingerprint density at radius 1 is 1.09 bits per heavy atom. The maximum atomic E-state index is 12.2. The average Bonchev–Trinajstić information content (AvgIpc) is 2.52. The van der Waals surface area contributed by atoms with E-state index in [1.165, 1.54) is 31.2 Å². The Hall–Kier alpha value is -1.54. The van der Waals surface area contributed by atoms with Gasteiger partial charge in [0, 0.05) is 28.0 Å². The molecule has 1 saturated carbocycles. The third-order valence-corrected chi connectivity index (χ3v) is 5.42. The standard InChI is InChI=1S/C20H24ClNO/c1-13-11-20(23)19(14(2)22-13)12-15-3-5-16(6-4-15)17-7-9-18(21)10-8-17/h7-11,15-16H,3-6,12H2,1-2H3,(H,22,23). The highest BCUT2D eigenvalue weighted by atomic mass is 35.5. The zero-order valence-corrected chi connectivity index (χ0v) is 14.6. The Balaban J connectivity index is 1.63. The molecule has 1 fully saturated rings. The van der Waals surface area contributed by atoms with Crippen molar-refractivity contribution in [1.29, 1.82) is 0 Å². The second-order valence-electron chi connectivity index (χ2n) is 6.89. The summed E-state index contributed by atoms with van der Waals surface area (Å²) in [4.78, 5) is 15.5. The number of aromatic nitrogens is 1. The van der Waals surface area contributed by atoms with E-state index in [0.29, 0.717) is 11.8 Å². The first kappa shape index (κ1) is 16.3. The molecule has 0 aliphatic heterocycles. The molecule has 0 bridgehead atoms. The second kappa shape index (κ2) is 6.92. The minimum absolute atomic E-state index is 0.193. The third-order valence-electron chi connectivity index (χ3n) is 5.16. The highest BCUT2D eigenvalue weighted by molar-refractivity contribution is 6.30. The van der Waals surface area contributed by atoms with Crippen LogP contribution in [0.5, 0.6) is 0 Å². The monoisotopic (exact) mass is 329 g/mol. The minimum atomic E-state index is 0.193. The number of rotatable bonds is 3. The van der Waals surface area contributed by atoms with Gasteiger partial charge in [0.25, 0.3) is 0 Å². The smallest absolute Gasteiger partial charge is 0.185 e. The van der Waals surface area contributed by atoms with Crippen molar-refractivity contribution in [2.45, 2.75) is 51.9 Å². The van der Waals surface area contributed by atoms with Gasteiger partial charge in [-0.25, -0.2) is 0 Å². The average molecular weight is 330 g/mol. The van der Waals surface area contributed by atoms with Crippen LogP contribution in [0.3, 0.4) is 0 Å². The summed E-state index contributed by atoms with van der Waals surface area (Å²) in [6.45, 7) is 3.96. The molecule has 23 heavy (non-hydrogen) atoms. The van der Waals surface area contributed by atoms with Crippen molar-refractivity contribution in [3.63, 3.8) is 0 Å². The van der Waals surface area contributed by atoms with Crippen LogP contribution in [0.2, 0.25) is 5.02 Å². The van der Waals surface area contributed by atoms with Crippen molar-refractivity contribution in [2.24, 2.45) is 5.92 Å². The molecular formula is C20H24ClNO. The summed E-state index contributed by atoms with van der Waals surface area (Å²) in [7, 11) is 0. The molecule has 1 aromatic heterocycles. The van der Waals surface area contributed by atoms with Crippen molar-refractivity contribution in [3.05, 3.63) is 68.1 Å². The molecule has 0 amide bonds. The van der Waals surface area contributed by atoms with E-state index in [4.69, 9.17) is 11.6 Å². The van der Waals surface area contributed by atoms with Crippen molar-refractivity contribution in [3.8, 4) is 0 Å². The van der Waals surface area contributed by atoms with Gasteiger partial charge in [0.1, 0.15) is 0 Å². The van der Waals surface area contributed by atoms with Crippen LogP contribution in [-0.4, -0.2) is 4.98 Å². The number of nitrogens with one attached hydrogen (secondary N) is 1. The summed E-state index contributed by atoms with van der Waals surface area (Å²) in [6.07, 6.45) is 5.71. The zero-order valence-electron chi connectivity index (χ0n) is 13.9. The van der Waals surface area contributed by atoms with Gasteiger partial charge in [-0.3, -0.25) is 4.79 Å². The first-order valence-electron chi connectivity index (χ1n) is 8.48. The van der Waals surface area contributed by atoms with Gasteiger partial charge in [-0.05, 0) is 75.5 Å². The number of benzene rings is 1. The molecule has 3 rings (SSSR count). The van der Waals surface area contributed by atoms with E-state index in [-0.39, 0.29) is 5.43 Å². The molecule has 0 unspecified atom stereocenters. The van der Waals surface area contributed by atoms with Gasteiger partial charge in [0.2, 0.25) is 0 Å². The van der Waals surface area contributed by atoms with Crippen molar-refractivity contribution in [2.75, 3.05) is 0 Å². The summed E-state index contributed by atoms with van der Waals surface area (Å²) < 4.78 is 0. The van der Waals surface area contributed by atoms with Gasteiger partial charge in [-0.2, -0.15) is 0 Å². The second-order valence-corrected chi connectivity index (χ2v) is 7.33. The first-order valence-corrected chi connectivity index (χ1v) is 8.85. The van der Waals surface area contributed by atoms with Gasteiger partial charge >= 0.3 is 0 Å². The lowest BCUT2D eigenvalue weighted by Crippen LogP contribution is -2.20. The Labute approximate surface area is 142 Å². The zero-order chi connectivity index (χ0) is 16.4. The molecule has 0 saturated heterocycles. The molecule has 0 atom stereocenters. The highest BCUT2D eigenvalue weighted by Gasteiger charge is 2.23. The molecule has 1 aliphatic rings. The summed E-state index contributed by atoms with van der Waals surface area (Å²) in [5.41, 5.74) is 4.55. The van der Waals surface area contributed by atoms with E-state index < -0.39 is 0 Å². The SMILES string of the molecule is Cc1cc(=O)c(CC2CCC(c3ccc(Cl)cc3)CC2)c(C)[nH]1. The van der Waals surface area contributed by atoms with Gasteiger partial charge in [0.15, 0.2) is 5.43 Å². The van der Waals surface area contributed by atoms with Crippen LogP contribution in [0.1, 0.15) is 54.1 Å². The van der Waals surface area contributed by atoms with Crippen LogP contribution >= 0.6 is 11.6 Å². The molecule has 2 nitrogen and oxygen atoms in total.